The smallest absolute Gasteiger partial charge is 0.309 e. The molecule has 0 spiro atoms. The first kappa shape index (κ1) is 16.1. The van der Waals surface area contributed by atoms with Crippen molar-refractivity contribution >= 4 is 23.2 Å². The number of alkyl halides is 3. The van der Waals surface area contributed by atoms with Crippen LogP contribution in [0.1, 0.15) is 16.7 Å². The van der Waals surface area contributed by atoms with Gasteiger partial charge in [0.05, 0.1) is 5.56 Å². The third-order valence-electron chi connectivity index (χ3n) is 2.83. The molecule has 2 aromatic rings. The highest BCUT2D eigenvalue weighted by Gasteiger charge is 2.30. The van der Waals surface area contributed by atoms with Gasteiger partial charge in [-0.15, -0.1) is 0 Å². The van der Waals surface area contributed by atoms with Crippen LogP contribution in [0.2, 0.25) is 10.0 Å². The van der Waals surface area contributed by atoms with Gasteiger partial charge in [0.15, 0.2) is 0 Å². The minimum atomic E-state index is -4.32. The summed E-state index contributed by atoms with van der Waals surface area (Å²) < 4.78 is 37.8. The Morgan fingerprint density at radius 1 is 0.857 bits per heavy atom. The van der Waals surface area contributed by atoms with Gasteiger partial charge in [-0.2, -0.15) is 13.2 Å². The van der Waals surface area contributed by atoms with Crippen LogP contribution in [0.15, 0.2) is 42.5 Å². The fourth-order valence-corrected chi connectivity index (χ4v) is 2.49. The number of hydrogen-bond donors (Lipinski definition) is 1. The first-order valence-electron chi connectivity index (χ1n) is 6.16. The molecule has 1 N–H and O–H groups in total. The Kier molecular flexibility index (Phi) is 5.14. The van der Waals surface area contributed by atoms with E-state index in [-0.39, 0.29) is 0 Å². The van der Waals surface area contributed by atoms with Gasteiger partial charge in [-0.1, -0.05) is 41.4 Å². The van der Waals surface area contributed by atoms with Crippen molar-refractivity contribution in [1.29, 1.82) is 0 Å². The number of halogens is 5. The largest absolute Gasteiger partial charge is 0.416 e. The first-order valence-corrected chi connectivity index (χ1v) is 6.92. The van der Waals surface area contributed by atoms with Crippen molar-refractivity contribution in [2.75, 3.05) is 0 Å². The minimum absolute atomic E-state index is 0.327. The van der Waals surface area contributed by atoms with Crippen molar-refractivity contribution < 1.29 is 13.2 Å². The number of hydrogen-bond acceptors (Lipinski definition) is 1. The maximum atomic E-state index is 12.6. The van der Waals surface area contributed by atoms with Gasteiger partial charge < -0.3 is 5.32 Å². The Morgan fingerprint density at radius 2 is 1.48 bits per heavy atom. The lowest BCUT2D eigenvalue weighted by atomic mass is 10.1. The molecular formula is C15H12Cl2F3N. The van der Waals surface area contributed by atoms with Crippen LogP contribution in [0.25, 0.3) is 0 Å². The summed E-state index contributed by atoms with van der Waals surface area (Å²) in [7, 11) is 0. The zero-order valence-electron chi connectivity index (χ0n) is 10.8. The van der Waals surface area contributed by atoms with E-state index in [0.717, 1.165) is 17.7 Å². The lowest BCUT2D eigenvalue weighted by Gasteiger charge is -2.10. The van der Waals surface area contributed by atoms with Crippen molar-refractivity contribution in [2.45, 2.75) is 19.3 Å². The zero-order chi connectivity index (χ0) is 15.5. The van der Waals surface area contributed by atoms with Gasteiger partial charge in [0, 0.05) is 23.1 Å². The van der Waals surface area contributed by atoms with E-state index in [1.807, 2.05) is 0 Å². The minimum Gasteiger partial charge on any atom is -0.309 e. The molecule has 2 rings (SSSR count). The second-order valence-electron chi connectivity index (χ2n) is 4.58. The number of benzene rings is 2. The van der Waals surface area contributed by atoms with E-state index >= 15 is 0 Å². The Balaban J connectivity index is 1.97. The van der Waals surface area contributed by atoms with E-state index in [1.54, 1.807) is 24.3 Å². The summed E-state index contributed by atoms with van der Waals surface area (Å²) in [6.45, 7) is 0.796. The fourth-order valence-electron chi connectivity index (χ4n) is 1.92. The quantitative estimate of drug-likeness (QED) is 0.800. The Bertz CT molecular complexity index is 606. The van der Waals surface area contributed by atoms with Crippen LogP contribution in [-0.4, -0.2) is 0 Å². The van der Waals surface area contributed by atoms with Crippen LogP contribution in [0.5, 0.6) is 0 Å². The van der Waals surface area contributed by atoms with Gasteiger partial charge in [0.2, 0.25) is 0 Å². The predicted molar refractivity (Wildman–Crippen MR) is 78.4 cm³/mol. The molecule has 0 saturated heterocycles. The lowest BCUT2D eigenvalue weighted by Crippen LogP contribution is -2.13. The fraction of sp³-hybridized carbons (Fsp3) is 0.200. The number of rotatable bonds is 4. The van der Waals surface area contributed by atoms with Gasteiger partial charge in [0.25, 0.3) is 0 Å². The molecule has 0 aliphatic carbocycles. The first-order chi connectivity index (χ1) is 9.84. The number of nitrogens with one attached hydrogen (secondary N) is 1. The summed E-state index contributed by atoms with van der Waals surface area (Å²) in [4.78, 5) is 0. The van der Waals surface area contributed by atoms with E-state index < -0.39 is 11.7 Å². The summed E-state index contributed by atoms with van der Waals surface area (Å²) in [5.74, 6) is 0. The molecular weight excluding hydrogens is 322 g/mol. The van der Waals surface area contributed by atoms with Gasteiger partial charge >= 0.3 is 6.18 Å². The molecule has 0 saturated carbocycles. The molecule has 2 aromatic carbocycles. The predicted octanol–water partition coefficient (Wildman–Crippen LogP) is 5.30. The average Bonchev–Trinajstić information content (AvgIpc) is 2.37. The van der Waals surface area contributed by atoms with E-state index in [1.165, 1.54) is 6.07 Å². The molecule has 0 radical (unpaired) electrons. The highest BCUT2D eigenvalue weighted by Crippen LogP contribution is 2.29. The van der Waals surface area contributed by atoms with Crippen LogP contribution < -0.4 is 5.32 Å². The molecule has 1 nitrogen and oxygen atoms in total. The van der Waals surface area contributed by atoms with Gasteiger partial charge in [0.1, 0.15) is 0 Å². The third kappa shape index (κ3) is 4.92. The summed E-state index contributed by atoms with van der Waals surface area (Å²) in [5, 5.41) is 4.12. The summed E-state index contributed by atoms with van der Waals surface area (Å²) in [5.41, 5.74) is 0.796. The van der Waals surface area contributed by atoms with Crippen LogP contribution in [-0.2, 0) is 19.3 Å². The second-order valence-corrected chi connectivity index (χ2v) is 5.45. The van der Waals surface area contributed by atoms with E-state index in [9.17, 15) is 13.2 Å². The third-order valence-corrected chi connectivity index (χ3v) is 3.27. The summed E-state index contributed by atoms with van der Waals surface area (Å²) in [6.07, 6.45) is -4.32. The highest BCUT2D eigenvalue weighted by molar-refractivity contribution is 6.34. The Morgan fingerprint density at radius 3 is 2.10 bits per heavy atom. The molecule has 0 aliphatic rings. The topological polar surface area (TPSA) is 12.0 Å². The SMILES string of the molecule is FC(F)(F)c1cccc(CNCc2cc(Cl)cc(Cl)c2)c1. The molecule has 0 aromatic heterocycles. The lowest BCUT2D eigenvalue weighted by molar-refractivity contribution is -0.137. The van der Waals surface area contributed by atoms with Crippen molar-refractivity contribution in [1.82, 2.24) is 5.32 Å². The van der Waals surface area contributed by atoms with Crippen molar-refractivity contribution in [3.63, 3.8) is 0 Å². The van der Waals surface area contributed by atoms with E-state index in [0.29, 0.717) is 28.7 Å². The normalized spacial score (nSPS) is 11.7. The van der Waals surface area contributed by atoms with Crippen LogP contribution in [0.4, 0.5) is 13.2 Å². The molecule has 0 heterocycles. The zero-order valence-corrected chi connectivity index (χ0v) is 12.4. The molecule has 0 atom stereocenters. The molecule has 112 valence electrons. The van der Waals surface area contributed by atoms with Crippen molar-refractivity contribution in [2.24, 2.45) is 0 Å². The standard InChI is InChI=1S/C15H12Cl2F3N/c16-13-5-11(6-14(17)7-13)9-21-8-10-2-1-3-12(4-10)15(18,19)20/h1-7,21H,8-9H2. The van der Waals surface area contributed by atoms with Gasteiger partial charge in [-0.05, 0) is 35.4 Å². The summed E-state index contributed by atoms with van der Waals surface area (Å²) in [6, 6.07) is 10.4. The maximum absolute atomic E-state index is 12.6. The van der Waals surface area contributed by atoms with Crippen LogP contribution in [0.3, 0.4) is 0 Å². The molecule has 0 amide bonds. The molecule has 6 heteroatoms. The van der Waals surface area contributed by atoms with Gasteiger partial charge in [-0.3, -0.25) is 0 Å². The molecule has 21 heavy (non-hydrogen) atoms. The molecule has 0 fully saturated rings. The molecule has 0 unspecified atom stereocenters. The van der Waals surface area contributed by atoms with Crippen molar-refractivity contribution in [3.8, 4) is 0 Å². The van der Waals surface area contributed by atoms with Crippen LogP contribution >= 0.6 is 23.2 Å². The van der Waals surface area contributed by atoms with Crippen LogP contribution in [0, 0.1) is 0 Å². The average molecular weight is 334 g/mol. The van der Waals surface area contributed by atoms with E-state index in [2.05, 4.69) is 5.32 Å². The maximum Gasteiger partial charge on any atom is 0.416 e. The summed E-state index contributed by atoms with van der Waals surface area (Å²) >= 11 is 11.8. The highest BCUT2D eigenvalue weighted by atomic mass is 35.5. The van der Waals surface area contributed by atoms with Crippen molar-refractivity contribution in [3.05, 3.63) is 69.2 Å². The monoisotopic (exact) mass is 333 g/mol. The van der Waals surface area contributed by atoms with Gasteiger partial charge in [-0.25, -0.2) is 0 Å². The van der Waals surface area contributed by atoms with E-state index in [4.69, 9.17) is 23.2 Å². The molecule has 0 bridgehead atoms. The Hall–Kier alpha value is -1.23. The Labute approximate surface area is 130 Å². The second kappa shape index (κ2) is 6.69. The molecule has 0 aliphatic heterocycles.